The summed E-state index contributed by atoms with van der Waals surface area (Å²) in [7, 11) is 0. The molecule has 3 rings (SSSR count). The zero-order chi connectivity index (χ0) is 15.4. The van der Waals surface area contributed by atoms with E-state index >= 15 is 0 Å². The second-order valence-corrected chi connectivity index (χ2v) is 5.18. The highest BCUT2D eigenvalue weighted by Gasteiger charge is 2.23. The van der Waals surface area contributed by atoms with Crippen LogP contribution in [0.2, 0.25) is 0 Å². The Hall–Kier alpha value is -2.89. The molecule has 22 heavy (non-hydrogen) atoms. The van der Waals surface area contributed by atoms with Crippen LogP contribution in [0.25, 0.3) is 6.08 Å². The minimum Gasteiger partial charge on any atom is -0.349 e. The zero-order valence-electron chi connectivity index (χ0n) is 11.9. The average molecular weight is 296 g/mol. The topological polar surface area (TPSA) is 86.9 Å². The number of anilines is 1. The van der Waals surface area contributed by atoms with Crippen molar-refractivity contribution < 1.29 is 9.59 Å². The largest absolute Gasteiger partial charge is 0.349 e. The van der Waals surface area contributed by atoms with E-state index in [1.54, 1.807) is 24.4 Å². The Labute approximate surface area is 127 Å². The fraction of sp³-hybridized carbons (Fsp3) is 0.188. The summed E-state index contributed by atoms with van der Waals surface area (Å²) in [6, 6.07) is 7.47. The van der Waals surface area contributed by atoms with E-state index in [2.05, 4.69) is 20.8 Å². The molecule has 2 amide bonds. The Morgan fingerprint density at radius 2 is 2.00 bits per heavy atom. The molecule has 0 radical (unpaired) electrons. The minimum absolute atomic E-state index is 0.0456. The molecular formula is C16H16N4O2. The Morgan fingerprint density at radius 3 is 2.64 bits per heavy atom. The van der Waals surface area contributed by atoms with Gasteiger partial charge in [0.25, 0.3) is 5.91 Å². The van der Waals surface area contributed by atoms with Crippen LogP contribution in [0.15, 0.2) is 42.7 Å². The van der Waals surface area contributed by atoms with Gasteiger partial charge in [-0.3, -0.25) is 14.7 Å². The van der Waals surface area contributed by atoms with Gasteiger partial charge in [-0.2, -0.15) is 5.10 Å². The molecule has 6 nitrogen and oxygen atoms in total. The first-order chi connectivity index (χ1) is 10.7. The summed E-state index contributed by atoms with van der Waals surface area (Å²) >= 11 is 0. The number of carbonyl (C=O) groups is 2. The molecule has 0 unspecified atom stereocenters. The number of carbonyl (C=O) groups excluding carboxylic acids is 2. The normalized spacial score (nSPS) is 14.0. The summed E-state index contributed by atoms with van der Waals surface area (Å²) in [5.41, 5.74) is 2.10. The van der Waals surface area contributed by atoms with Crippen molar-refractivity contribution in [1.82, 2.24) is 15.5 Å². The van der Waals surface area contributed by atoms with Crippen molar-refractivity contribution in [2.45, 2.75) is 18.9 Å². The molecule has 1 aromatic carbocycles. The molecule has 0 aliphatic heterocycles. The van der Waals surface area contributed by atoms with Crippen LogP contribution in [-0.4, -0.2) is 28.1 Å². The van der Waals surface area contributed by atoms with Gasteiger partial charge in [0.05, 0.1) is 11.9 Å². The van der Waals surface area contributed by atoms with Gasteiger partial charge < -0.3 is 10.6 Å². The van der Waals surface area contributed by atoms with E-state index in [1.807, 2.05) is 12.1 Å². The van der Waals surface area contributed by atoms with Gasteiger partial charge in [0.1, 0.15) is 0 Å². The third-order valence-corrected chi connectivity index (χ3v) is 3.28. The number of nitrogens with one attached hydrogen (secondary N) is 3. The first-order valence-corrected chi connectivity index (χ1v) is 7.09. The highest BCUT2D eigenvalue weighted by atomic mass is 16.2. The first-order valence-electron chi connectivity index (χ1n) is 7.09. The molecule has 112 valence electrons. The van der Waals surface area contributed by atoms with Crippen molar-refractivity contribution in [1.29, 1.82) is 0 Å². The summed E-state index contributed by atoms with van der Waals surface area (Å²) in [6.45, 7) is 0. The van der Waals surface area contributed by atoms with Gasteiger partial charge in [0, 0.05) is 23.9 Å². The van der Waals surface area contributed by atoms with E-state index in [1.165, 1.54) is 12.3 Å². The summed E-state index contributed by atoms with van der Waals surface area (Å²) in [6.07, 6.45) is 8.39. The smallest absolute Gasteiger partial charge is 0.251 e. The summed E-state index contributed by atoms with van der Waals surface area (Å²) in [5, 5.41) is 12.0. The van der Waals surface area contributed by atoms with Crippen LogP contribution < -0.4 is 10.6 Å². The van der Waals surface area contributed by atoms with E-state index in [0.29, 0.717) is 17.3 Å². The molecule has 1 saturated carbocycles. The van der Waals surface area contributed by atoms with Crippen molar-refractivity contribution in [2.75, 3.05) is 5.32 Å². The van der Waals surface area contributed by atoms with Gasteiger partial charge in [0.2, 0.25) is 5.91 Å². The van der Waals surface area contributed by atoms with Crippen LogP contribution in [0.3, 0.4) is 0 Å². The highest BCUT2D eigenvalue weighted by molar-refractivity contribution is 6.01. The average Bonchev–Trinajstić information content (AvgIpc) is 3.19. The SMILES string of the molecule is O=C(C=Cc1ccc(C(=O)NC2CC2)cc1)Nc1cn[nH]c1. The van der Waals surface area contributed by atoms with Crippen molar-refractivity contribution in [3.05, 3.63) is 53.9 Å². The van der Waals surface area contributed by atoms with Gasteiger partial charge in [-0.15, -0.1) is 0 Å². The number of rotatable bonds is 5. The van der Waals surface area contributed by atoms with Gasteiger partial charge >= 0.3 is 0 Å². The number of hydrogen-bond donors (Lipinski definition) is 3. The van der Waals surface area contributed by atoms with Crippen LogP contribution in [0.4, 0.5) is 5.69 Å². The second kappa shape index (κ2) is 6.26. The Kier molecular flexibility index (Phi) is 4.00. The molecule has 6 heteroatoms. The Balaban J connectivity index is 1.56. The predicted octanol–water partition coefficient (Wildman–Crippen LogP) is 1.95. The molecule has 0 saturated heterocycles. The van der Waals surface area contributed by atoms with Crippen molar-refractivity contribution >= 4 is 23.6 Å². The number of nitrogens with zero attached hydrogens (tertiary/aromatic N) is 1. The van der Waals surface area contributed by atoms with Gasteiger partial charge in [-0.1, -0.05) is 12.1 Å². The van der Waals surface area contributed by atoms with E-state index < -0.39 is 0 Å². The molecular weight excluding hydrogens is 280 g/mol. The molecule has 2 aromatic rings. The number of hydrogen-bond acceptors (Lipinski definition) is 3. The number of aromatic amines is 1. The summed E-state index contributed by atoms with van der Waals surface area (Å²) in [5.74, 6) is -0.285. The maximum atomic E-state index is 11.8. The van der Waals surface area contributed by atoms with Crippen LogP contribution in [0.5, 0.6) is 0 Å². The lowest BCUT2D eigenvalue weighted by Gasteiger charge is -2.03. The summed E-state index contributed by atoms with van der Waals surface area (Å²) < 4.78 is 0. The predicted molar refractivity (Wildman–Crippen MR) is 83.2 cm³/mol. The van der Waals surface area contributed by atoms with E-state index in [9.17, 15) is 9.59 Å². The molecule has 0 spiro atoms. The molecule has 3 N–H and O–H groups in total. The molecule has 1 aliphatic rings. The molecule has 1 aliphatic carbocycles. The fourth-order valence-corrected chi connectivity index (χ4v) is 1.92. The Bertz CT molecular complexity index is 685. The highest BCUT2D eigenvalue weighted by Crippen LogP contribution is 2.19. The fourth-order valence-electron chi connectivity index (χ4n) is 1.92. The number of H-pyrrole nitrogens is 1. The molecule has 1 aromatic heterocycles. The molecule has 1 fully saturated rings. The van der Waals surface area contributed by atoms with Crippen LogP contribution in [-0.2, 0) is 4.79 Å². The monoisotopic (exact) mass is 296 g/mol. The maximum Gasteiger partial charge on any atom is 0.251 e. The summed E-state index contributed by atoms with van der Waals surface area (Å²) in [4.78, 5) is 23.5. The Morgan fingerprint density at radius 1 is 1.23 bits per heavy atom. The van der Waals surface area contributed by atoms with Crippen LogP contribution in [0.1, 0.15) is 28.8 Å². The van der Waals surface area contributed by atoms with Crippen LogP contribution in [0, 0.1) is 0 Å². The lowest BCUT2D eigenvalue weighted by Crippen LogP contribution is -2.25. The van der Waals surface area contributed by atoms with Crippen LogP contribution >= 0.6 is 0 Å². The van der Waals surface area contributed by atoms with Gasteiger partial charge in [0.15, 0.2) is 0 Å². The third kappa shape index (κ3) is 3.82. The van der Waals surface area contributed by atoms with E-state index in [4.69, 9.17) is 0 Å². The maximum absolute atomic E-state index is 11.8. The molecule has 0 bridgehead atoms. The quantitative estimate of drug-likeness (QED) is 0.737. The number of benzene rings is 1. The number of amides is 2. The van der Waals surface area contributed by atoms with Gasteiger partial charge in [-0.25, -0.2) is 0 Å². The van der Waals surface area contributed by atoms with Crippen molar-refractivity contribution in [2.24, 2.45) is 0 Å². The standard InChI is InChI=1S/C16H16N4O2/c21-15(19-14-9-17-18-10-14)8-3-11-1-4-12(5-2-11)16(22)20-13-6-7-13/h1-5,8-10,13H,6-7H2,(H,17,18)(H,19,21)(H,20,22). The minimum atomic E-state index is -0.239. The zero-order valence-corrected chi connectivity index (χ0v) is 11.9. The lowest BCUT2D eigenvalue weighted by molar-refractivity contribution is -0.111. The van der Waals surface area contributed by atoms with E-state index in [0.717, 1.165) is 18.4 Å². The molecule has 0 atom stereocenters. The third-order valence-electron chi connectivity index (χ3n) is 3.28. The van der Waals surface area contributed by atoms with Crippen molar-refractivity contribution in [3.63, 3.8) is 0 Å². The van der Waals surface area contributed by atoms with Crippen molar-refractivity contribution in [3.8, 4) is 0 Å². The lowest BCUT2D eigenvalue weighted by atomic mass is 10.1. The van der Waals surface area contributed by atoms with E-state index in [-0.39, 0.29) is 11.8 Å². The second-order valence-electron chi connectivity index (χ2n) is 5.18. The number of aromatic nitrogens is 2. The molecule has 1 heterocycles. The van der Waals surface area contributed by atoms with Gasteiger partial charge in [-0.05, 0) is 36.6 Å². The first kappa shape index (κ1) is 14.1.